The van der Waals surface area contributed by atoms with Gasteiger partial charge in [-0.1, -0.05) is 12.1 Å². The van der Waals surface area contributed by atoms with Crippen LogP contribution in [-0.2, 0) is 0 Å². The van der Waals surface area contributed by atoms with Crippen molar-refractivity contribution in [2.75, 3.05) is 37.6 Å². The summed E-state index contributed by atoms with van der Waals surface area (Å²) in [5.74, 6) is 1.06. The molecule has 1 saturated heterocycles. The zero-order valence-corrected chi connectivity index (χ0v) is 12.1. The first-order chi connectivity index (χ1) is 10.4. The summed E-state index contributed by atoms with van der Waals surface area (Å²) in [6, 6.07) is 10.4. The molecule has 2 aromatic rings. The molecule has 2 aromatic heterocycles. The number of hydrogen-bond donors (Lipinski definition) is 1. The molecular formula is C16H21N5. The second-order valence-corrected chi connectivity index (χ2v) is 5.25. The highest BCUT2D eigenvalue weighted by atomic mass is 15.3. The minimum atomic E-state index is 0.254. The first-order valence-corrected chi connectivity index (χ1v) is 7.38. The normalized spacial score (nSPS) is 17.7. The Balaban J connectivity index is 1.65. The zero-order chi connectivity index (χ0) is 14.5. The third-order valence-electron chi connectivity index (χ3n) is 4.02. The number of nitrogens with two attached hydrogens (primary N) is 1. The van der Waals surface area contributed by atoms with Crippen LogP contribution in [0.1, 0.15) is 11.6 Å². The maximum Gasteiger partial charge on any atom is 0.128 e. The summed E-state index contributed by atoms with van der Waals surface area (Å²) in [4.78, 5) is 13.4. The molecule has 110 valence electrons. The summed E-state index contributed by atoms with van der Waals surface area (Å²) < 4.78 is 0. The third-order valence-corrected chi connectivity index (χ3v) is 4.02. The molecular weight excluding hydrogens is 262 g/mol. The van der Waals surface area contributed by atoms with E-state index in [0.717, 1.165) is 32.0 Å². The molecule has 0 aromatic carbocycles. The maximum absolute atomic E-state index is 5.99. The molecule has 0 radical (unpaired) electrons. The molecule has 21 heavy (non-hydrogen) atoms. The fourth-order valence-corrected chi connectivity index (χ4v) is 2.87. The molecule has 5 heteroatoms. The van der Waals surface area contributed by atoms with E-state index in [-0.39, 0.29) is 6.04 Å². The molecule has 3 rings (SSSR count). The van der Waals surface area contributed by atoms with Gasteiger partial charge < -0.3 is 10.6 Å². The minimum Gasteiger partial charge on any atom is -0.354 e. The summed E-state index contributed by atoms with van der Waals surface area (Å²) in [5.41, 5.74) is 7.19. The summed E-state index contributed by atoms with van der Waals surface area (Å²) in [7, 11) is 0. The van der Waals surface area contributed by atoms with Crippen LogP contribution in [0.15, 0.2) is 48.9 Å². The van der Waals surface area contributed by atoms with Crippen molar-refractivity contribution < 1.29 is 0 Å². The van der Waals surface area contributed by atoms with Gasteiger partial charge in [0.05, 0.1) is 0 Å². The Morgan fingerprint density at radius 1 is 1.05 bits per heavy atom. The molecule has 5 nitrogen and oxygen atoms in total. The first-order valence-electron chi connectivity index (χ1n) is 7.38. The molecule has 1 unspecified atom stereocenters. The monoisotopic (exact) mass is 283 g/mol. The average Bonchev–Trinajstić information content (AvgIpc) is 2.58. The van der Waals surface area contributed by atoms with Gasteiger partial charge in [-0.25, -0.2) is 4.98 Å². The lowest BCUT2D eigenvalue weighted by atomic mass is 10.1. The van der Waals surface area contributed by atoms with E-state index in [1.165, 1.54) is 5.56 Å². The number of nitrogens with zero attached hydrogens (tertiary/aromatic N) is 4. The van der Waals surface area contributed by atoms with Gasteiger partial charge in [0.25, 0.3) is 0 Å². The van der Waals surface area contributed by atoms with Crippen LogP contribution >= 0.6 is 0 Å². The van der Waals surface area contributed by atoms with Gasteiger partial charge in [0.2, 0.25) is 0 Å². The summed E-state index contributed by atoms with van der Waals surface area (Å²) in [6.07, 6.45) is 5.57. The van der Waals surface area contributed by atoms with E-state index in [1.54, 1.807) is 6.20 Å². The van der Waals surface area contributed by atoms with Gasteiger partial charge in [-0.05, 0) is 23.8 Å². The van der Waals surface area contributed by atoms with Crippen LogP contribution in [-0.4, -0.2) is 47.6 Å². The van der Waals surface area contributed by atoms with Gasteiger partial charge in [-0.3, -0.25) is 9.88 Å². The highest BCUT2D eigenvalue weighted by Crippen LogP contribution is 2.22. The standard InChI is InChI=1S/C16H21N5/c17-12-15(14-4-3-6-18-13-14)20-8-10-21(11-9-20)16-5-1-2-7-19-16/h1-7,13,15H,8-12,17H2. The lowest BCUT2D eigenvalue weighted by Gasteiger charge is -2.39. The van der Waals surface area contributed by atoms with Crippen molar-refractivity contribution in [3.05, 3.63) is 54.5 Å². The number of hydrogen-bond acceptors (Lipinski definition) is 5. The molecule has 0 bridgehead atoms. The average molecular weight is 283 g/mol. The van der Waals surface area contributed by atoms with E-state index in [0.29, 0.717) is 6.54 Å². The van der Waals surface area contributed by atoms with Gasteiger partial charge in [0, 0.05) is 57.4 Å². The van der Waals surface area contributed by atoms with Crippen molar-refractivity contribution in [2.45, 2.75) is 6.04 Å². The summed E-state index contributed by atoms with van der Waals surface area (Å²) in [6.45, 7) is 4.57. The Morgan fingerprint density at radius 3 is 2.52 bits per heavy atom. The zero-order valence-electron chi connectivity index (χ0n) is 12.1. The fourth-order valence-electron chi connectivity index (χ4n) is 2.87. The van der Waals surface area contributed by atoms with Crippen LogP contribution in [0.25, 0.3) is 0 Å². The third kappa shape index (κ3) is 3.20. The number of pyridine rings is 2. The van der Waals surface area contributed by atoms with Gasteiger partial charge >= 0.3 is 0 Å². The van der Waals surface area contributed by atoms with Crippen LogP contribution < -0.4 is 10.6 Å². The van der Waals surface area contributed by atoms with E-state index in [2.05, 4.69) is 31.9 Å². The lowest BCUT2D eigenvalue weighted by molar-refractivity contribution is 0.189. The molecule has 0 amide bonds. The van der Waals surface area contributed by atoms with Crippen molar-refractivity contribution in [2.24, 2.45) is 5.73 Å². The van der Waals surface area contributed by atoms with Crippen LogP contribution in [0.2, 0.25) is 0 Å². The number of aromatic nitrogens is 2. The highest BCUT2D eigenvalue weighted by Gasteiger charge is 2.24. The van der Waals surface area contributed by atoms with E-state index < -0.39 is 0 Å². The summed E-state index contributed by atoms with van der Waals surface area (Å²) in [5, 5.41) is 0. The number of rotatable bonds is 4. The van der Waals surface area contributed by atoms with Crippen molar-refractivity contribution >= 4 is 5.82 Å². The second-order valence-electron chi connectivity index (χ2n) is 5.25. The largest absolute Gasteiger partial charge is 0.354 e. The Kier molecular flexibility index (Phi) is 4.43. The Labute approximate surface area is 125 Å². The van der Waals surface area contributed by atoms with E-state index in [4.69, 9.17) is 5.73 Å². The molecule has 2 N–H and O–H groups in total. The predicted molar refractivity (Wildman–Crippen MR) is 84.1 cm³/mol. The molecule has 3 heterocycles. The Bertz CT molecular complexity index is 537. The SMILES string of the molecule is NCC(c1cccnc1)N1CCN(c2ccccn2)CC1. The van der Waals surface area contributed by atoms with Crippen molar-refractivity contribution in [3.63, 3.8) is 0 Å². The first kappa shape index (κ1) is 14.0. The molecule has 0 aliphatic carbocycles. The molecule has 1 fully saturated rings. The van der Waals surface area contributed by atoms with E-state index >= 15 is 0 Å². The molecule has 1 aliphatic rings. The Hall–Kier alpha value is -1.98. The van der Waals surface area contributed by atoms with Crippen LogP contribution in [0, 0.1) is 0 Å². The molecule has 0 spiro atoms. The predicted octanol–water partition coefficient (Wildman–Crippen LogP) is 1.30. The molecule has 1 atom stereocenters. The minimum absolute atomic E-state index is 0.254. The topological polar surface area (TPSA) is 58.3 Å². The van der Waals surface area contributed by atoms with Crippen LogP contribution in [0.3, 0.4) is 0 Å². The molecule has 1 aliphatic heterocycles. The number of anilines is 1. The van der Waals surface area contributed by atoms with E-state index in [1.807, 2.05) is 30.6 Å². The highest BCUT2D eigenvalue weighted by molar-refractivity contribution is 5.38. The summed E-state index contributed by atoms with van der Waals surface area (Å²) >= 11 is 0. The van der Waals surface area contributed by atoms with Gasteiger partial charge in [0.15, 0.2) is 0 Å². The van der Waals surface area contributed by atoms with Gasteiger partial charge in [-0.2, -0.15) is 0 Å². The number of piperazine rings is 1. The lowest BCUT2D eigenvalue weighted by Crippen LogP contribution is -2.49. The van der Waals surface area contributed by atoms with Crippen molar-refractivity contribution in [1.82, 2.24) is 14.9 Å². The fraction of sp³-hybridized carbons (Fsp3) is 0.375. The second kappa shape index (κ2) is 6.65. The van der Waals surface area contributed by atoms with Crippen molar-refractivity contribution in [1.29, 1.82) is 0 Å². The Morgan fingerprint density at radius 2 is 1.90 bits per heavy atom. The maximum atomic E-state index is 5.99. The van der Waals surface area contributed by atoms with Gasteiger partial charge in [0.1, 0.15) is 5.82 Å². The quantitative estimate of drug-likeness (QED) is 0.916. The smallest absolute Gasteiger partial charge is 0.128 e. The van der Waals surface area contributed by atoms with Crippen LogP contribution in [0.5, 0.6) is 0 Å². The van der Waals surface area contributed by atoms with Crippen LogP contribution in [0.4, 0.5) is 5.82 Å². The van der Waals surface area contributed by atoms with Crippen molar-refractivity contribution in [3.8, 4) is 0 Å². The molecule has 0 saturated carbocycles. The van der Waals surface area contributed by atoms with E-state index in [9.17, 15) is 0 Å². The van der Waals surface area contributed by atoms with Gasteiger partial charge in [-0.15, -0.1) is 0 Å².